The maximum absolute atomic E-state index is 5.76. The highest BCUT2D eigenvalue weighted by atomic mass is 127. The molecule has 0 amide bonds. The quantitative estimate of drug-likeness (QED) is 0.228. The number of halogens is 1. The van der Waals surface area contributed by atoms with Crippen molar-refractivity contribution < 1.29 is 14.2 Å². The summed E-state index contributed by atoms with van der Waals surface area (Å²) in [7, 11) is 3.38. The number of benzene rings is 2. The maximum atomic E-state index is 5.76. The van der Waals surface area contributed by atoms with Crippen molar-refractivity contribution in [3.63, 3.8) is 0 Å². The molecule has 32 heavy (non-hydrogen) atoms. The van der Waals surface area contributed by atoms with E-state index in [2.05, 4.69) is 20.6 Å². The number of para-hydroxylation sites is 1. The first-order chi connectivity index (χ1) is 15.2. The van der Waals surface area contributed by atoms with E-state index >= 15 is 0 Å². The van der Waals surface area contributed by atoms with Crippen molar-refractivity contribution in [1.82, 2.24) is 15.6 Å². The highest BCUT2D eigenvalue weighted by Crippen LogP contribution is 2.22. The van der Waals surface area contributed by atoms with Gasteiger partial charge in [-0.1, -0.05) is 24.3 Å². The van der Waals surface area contributed by atoms with Gasteiger partial charge in [-0.05, 0) is 42.8 Å². The molecule has 0 bridgehead atoms. The predicted octanol–water partition coefficient (Wildman–Crippen LogP) is 4.76. The third-order valence-electron chi connectivity index (χ3n) is 4.48. The largest absolute Gasteiger partial charge is 0.497 e. The number of methoxy groups -OCH3 is 1. The fraction of sp³-hybridized carbons (Fsp3) is 0.250. The van der Waals surface area contributed by atoms with Crippen molar-refractivity contribution in [3.05, 3.63) is 78.0 Å². The molecule has 0 saturated carbocycles. The van der Waals surface area contributed by atoms with Crippen molar-refractivity contribution in [2.75, 3.05) is 20.8 Å². The molecule has 0 saturated heterocycles. The van der Waals surface area contributed by atoms with Gasteiger partial charge in [0.15, 0.2) is 5.96 Å². The topological polar surface area (TPSA) is 77.0 Å². The smallest absolute Gasteiger partial charge is 0.219 e. The van der Waals surface area contributed by atoms with E-state index in [4.69, 9.17) is 14.2 Å². The molecule has 7 nitrogen and oxygen atoms in total. The van der Waals surface area contributed by atoms with Gasteiger partial charge in [0, 0.05) is 38.0 Å². The molecule has 170 valence electrons. The van der Waals surface area contributed by atoms with Crippen molar-refractivity contribution >= 4 is 29.9 Å². The van der Waals surface area contributed by atoms with E-state index in [1.807, 2.05) is 67.6 Å². The average molecular weight is 548 g/mol. The molecule has 2 aromatic carbocycles. The summed E-state index contributed by atoms with van der Waals surface area (Å²) in [5.41, 5.74) is 2.09. The summed E-state index contributed by atoms with van der Waals surface area (Å²) < 4.78 is 16.6. The molecule has 3 rings (SSSR count). The number of ether oxygens (including phenoxy) is 3. The Morgan fingerprint density at radius 1 is 0.938 bits per heavy atom. The molecule has 0 unspecified atom stereocenters. The summed E-state index contributed by atoms with van der Waals surface area (Å²) in [5.74, 6) is 3.60. The second kappa shape index (κ2) is 13.4. The van der Waals surface area contributed by atoms with Gasteiger partial charge in [-0.25, -0.2) is 4.98 Å². The zero-order chi connectivity index (χ0) is 21.9. The van der Waals surface area contributed by atoms with Gasteiger partial charge >= 0.3 is 0 Å². The Morgan fingerprint density at radius 3 is 2.31 bits per heavy atom. The van der Waals surface area contributed by atoms with Crippen molar-refractivity contribution in [2.45, 2.75) is 20.0 Å². The summed E-state index contributed by atoms with van der Waals surface area (Å²) >= 11 is 0. The number of aromatic nitrogens is 1. The molecule has 0 fully saturated rings. The van der Waals surface area contributed by atoms with E-state index in [-0.39, 0.29) is 24.0 Å². The van der Waals surface area contributed by atoms with Gasteiger partial charge in [-0.3, -0.25) is 4.99 Å². The molecule has 0 radical (unpaired) electrons. The van der Waals surface area contributed by atoms with E-state index in [1.54, 1.807) is 20.4 Å². The van der Waals surface area contributed by atoms with Crippen LogP contribution in [0.1, 0.15) is 18.1 Å². The van der Waals surface area contributed by atoms with Gasteiger partial charge in [0.25, 0.3) is 0 Å². The first-order valence-corrected chi connectivity index (χ1v) is 10.1. The van der Waals surface area contributed by atoms with Crippen LogP contribution in [0.15, 0.2) is 71.9 Å². The minimum Gasteiger partial charge on any atom is -0.497 e. The number of nitrogens with zero attached hydrogens (tertiary/aromatic N) is 2. The average Bonchev–Trinajstić information content (AvgIpc) is 2.82. The number of hydrogen-bond donors (Lipinski definition) is 2. The molecule has 0 aliphatic carbocycles. The minimum atomic E-state index is 0. The molecule has 1 aromatic heterocycles. The lowest BCUT2D eigenvalue weighted by Crippen LogP contribution is -2.36. The van der Waals surface area contributed by atoms with Crippen LogP contribution in [-0.2, 0) is 13.1 Å². The van der Waals surface area contributed by atoms with Gasteiger partial charge in [0.2, 0.25) is 5.88 Å². The van der Waals surface area contributed by atoms with E-state index in [0.717, 1.165) is 22.6 Å². The van der Waals surface area contributed by atoms with Gasteiger partial charge in [0.1, 0.15) is 17.2 Å². The Balaban J connectivity index is 0.00000363. The number of rotatable bonds is 9. The molecular formula is C24H29IN4O3. The van der Waals surface area contributed by atoms with Gasteiger partial charge in [0.05, 0.1) is 13.7 Å². The van der Waals surface area contributed by atoms with E-state index < -0.39 is 0 Å². The van der Waals surface area contributed by atoms with Crippen molar-refractivity contribution in [1.29, 1.82) is 0 Å². The molecular weight excluding hydrogens is 519 g/mol. The molecule has 3 aromatic rings. The third-order valence-corrected chi connectivity index (χ3v) is 4.48. The van der Waals surface area contributed by atoms with Crippen LogP contribution in [0.2, 0.25) is 0 Å². The van der Waals surface area contributed by atoms with Gasteiger partial charge < -0.3 is 24.8 Å². The maximum Gasteiger partial charge on any atom is 0.219 e. The fourth-order valence-electron chi connectivity index (χ4n) is 2.87. The second-order valence-corrected chi connectivity index (χ2v) is 6.60. The second-order valence-electron chi connectivity index (χ2n) is 6.60. The summed E-state index contributed by atoms with van der Waals surface area (Å²) in [6.07, 6.45) is 1.78. The standard InChI is InChI=1S/C24H28N4O3.HI/c1-4-30-22-8-6-5-7-19(22)17-28-24(25-2)27-16-18-9-14-23(26-15-18)31-21-12-10-20(29-3)11-13-21;/h5-15H,4,16-17H2,1-3H3,(H2,25,27,28);1H. The Morgan fingerprint density at radius 2 is 1.66 bits per heavy atom. The Bertz CT molecular complexity index is 979. The van der Waals surface area contributed by atoms with Crippen molar-refractivity contribution in [3.8, 4) is 23.1 Å². The first kappa shape index (κ1) is 25.3. The summed E-state index contributed by atoms with van der Waals surface area (Å²) in [6, 6.07) is 19.2. The van der Waals surface area contributed by atoms with Crippen LogP contribution in [0.25, 0.3) is 0 Å². The molecule has 0 atom stereocenters. The van der Waals surface area contributed by atoms with Crippen molar-refractivity contribution in [2.24, 2.45) is 4.99 Å². The molecule has 0 spiro atoms. The minimum absolute atomic E-state index is 0. The molecule has 0 aliphatic heterocycles. The van der Waals surface area contributed by atoms with Gasteiger partial charge in [-0.15, -0.1) is 24.0 Å². The molecule has 8 heteroatoms. The zero-order valence-corrected chi connectivity index (χ0v) is 20.8. The fourth-order valence-corrected chi connectivity index (χ4v) is 2.87. The highest BCUT2D eigenvalue weighted by Gasteiger charge is 2.05. The third kappa shape index (κ3) is 7.60. The lowest BCUT2D eigenvalue weighted by Gasteiger charge is -2.14. The van der Waals surface area contributed by atoms with E-state index in [1.165, 1.54) is 0 Å². The van der Waals surface area contributed by atoms with Crippen LogP contribution in [0.5, 0.6) is 23.1 Å². The number of nitrogens with one attached hydrogen (secondary N) is 2. The zero-order valence-electron chi connectivity index (χ0n) is 18.5. The molecule has 1 heterocycles. The lowest BCUT2D eigenvalue weighted by atomic mass is 10.2. The van der Waals surface area contributed by atoms with Crippen LogP contribution < -0.4 is 24.8 Å². The van der Waals surface area contributed by atoms with E-state index in [0.29, 0.717) is 37.3 Å². The number of hydrogen-bond acceptors (Lipinski definition) is 5. The van der Waals surface area contributed by atoms with Gasteiger partial charge in [-0.2, -0.15) is 0 Å². The van der Waals surface area contributed by atoms with Crippen LogP contribution in [-0.4, -0.2) is 31.7 Å². The van der Waals surface area contributed by atoms with Crippen LogP contribution in [0, 0.1) is 0 Å². The van der Waals surface area contributed by atoms with Crippen LogP contribution in [0.3, 0.4) is 0 Å². The normalized spacial score (nSPS) is 10.7. The Hall–Kier alpha value is -3.01. The summed E-state index contributed by atoms with van der Waals surface area (Å²) in [5, 5.41) is 6.60. The Kier molecular flexibility index (Phi) is 10.6. The summed E-state index contributed by atoms with van der Waals surface area (Å²) in [4.78, 5) is 8.66. The number of pyridine rings is 1. The van der Waals surface area contributed by atoms with E-state index in [9.17, 15) is 0 Å². The molecule has 0 aliphatic rings. The predicted molar refractivity (Wildman–Crippen MR) is 137 cm³/mol. The Labute approximate surface area is 206 Å². The summed E-state index contributed by atoms with van der Waals surface area (Å²) in [6.45, 7) is 3.81. The number of guanidine groups is 1. The number of aliphatic imine (C=N–C) groups is 1. The van der Waals surface area contributed by atoms with Crippen LogP contribution in [0.4, 0.5) is 0 Å². The molecule has 2 N–H and O–H groups in total. The monoisotopic (exact) mass is 548 g/mol. The van der Waals surface area contributed by atoms with Crippen LogP contribution >= 0.6 is 24.0 Å². The first-order valence-electron chi connectivity index (χ1n) is 10.1. The SMILES string of the molecule is CCOc1ccccc1CNC(=NC)NCc1ccc(Oc2ccc(OC)cc2)nc1.I. The highest BCUT2D eigenvalue weighted by molar-refractivity contribution is 14.0. The lowest BCUT2D eigenvalue weighted by molar-refractivity contribution is 0.336.